The maximum absolute atomic E-state index is 5.53. The second-order valence-electron chi connectivity index (χ2n) is 3.14. The number of hydrogen-bond acceptors (Lipinski definition) is 2. The third kappa shape index (κ3) is 3.40. The Hall–Kier alpha value is 0.210. The molecule has 0 spiro atoms. The molecule has 0 radical (unpaired) electrons. The molecule has 0 amide bonds. The molecular weight excluding hydrogens is 150 g/mol. The lowest BCUT2D eigenvalue weighted by Crippen LogP contribution is -2.34. The molecule has 0 aromatic heterocycles. The molecular formula is C7H16ClNO. The van der Waals surface area contributed by atoms with Crippen molar-refractivity contribution < 1.29 is 4.74 Å². The van der Waals surface area contributed by atoms with Gasteiger partial charge in [0.2, 0.25) is 0 Å². The van der Waals surface area contributed by atoms with Crippen molar-refractivity contribution in [1.82, 2.24) is 5.32 Å². The molecule has 1 saturated heterocycles. The van der Waals surface area contributed by atoms with Crippen LogP contribution in [0.4, 0.5) is 0 Å². The van der Waals surface area contributed by atoms with Gasteiger partial charge in [-0.3, -0.25) is 0 Å². The van der Waals surface area contributed by atoms with Crippen LogP contribution in [0.5, 0.6) is 0 Å². The van der Waals surface area contributed by atoms with Gasteiger partial charge in [0.1, 0.15) is 0 Å². The molecule has 62 valence electrons. The van der Waals surface area contributed by atoms with Crippen molar-refractivity contribution in [2.24, 2.45) is 0 Å². The van der Waals surface area contributed by atoms with Crippen LogP contribution in [-0.2, 0) is 4.74 Å². The molecule has 10 heavy (non-hydrogen) atoms. The minimum Gasteiger partial charge on any atom is -0.374 e. The number of hydrogen-bond donors (Lipinski definition) is 1. The molecule has 1 aliphatic rings. The van der Waals surface area contributed by atoms with Crippen molar-refractivity contribution in [2.45, 2.75) is 25.9 Å². The van der Waals surface area contributed by atoms with Crippen LogP contribution in [0, 0.1) is 0 Å². The zero-order valence-electron chi connectivity index (χ0n) is 6.64. The van der Waals surface area contributed by atoms with Gasteiger partial charge in [0, 0.05) is 13.2 Å². The Bertz CT molecular complexity index is 85.6. The van der Waals surface area contributed by atoms with Crippen LogP contribution in [0.15, 0.2) is 0 Å². The lowest BCUT2D eigenvalue weighted by molar-refractivity contribution is -0.00370. The Morgan fingerprint density at radius 3 is 2.80 bits per heavy atom. The third-order valence-corrected chi connectivity index (χ3v) is 1.54. The van der Waals surface area contributed by atoms with Crippen LogP contribution in [0.1, 0.15) is 20.3 Å². The van der Waals surface area contributed by atoms with Gasteiger partial charge in [0.15, 0.2) is 0 Å². The fraction of sp³-hybridized carbons (Fsp3) is 1.00. The van der Waals surface area contributed by atoms with E-state index in [9.17, 15) is 0 Å². The lowest BCUT2D eigenvalue weighted by Gasteiger charge is -2.21. The van der Waals surface area contributed by atoms with Crippen molar-refractivity contribution in [2.75, 3.05) is 19.7 Å². The monoisotopic (exact) mass is 165 g/mol. The van der Waals surface area contributed by atoms with Crippen molar-refractivity contribution >= 4 is 12.4 Å². The Morgan fingerprint density at radius 2 is 2.10 bits per heavy atom. The third-order valence-electron chi connectivity index (χ3n) is 1.54. The van der Waals surface area contributed by atoms with Crippen molar-refractivity contribution in [1.29, 1.82) is 0 Å². The van der Waals surface area contributed by atoms with Crippen molar-refractivity contribution in [3.63, 3.8) is 0 Å². The molecule has 0 bridgehead atoms. The summed E-state index contributed by atoms with van der Waals surface area (Å²) in [6, 6.07) is 0. The quantitative estimate of drug-likeness (QED) is 0.583. The molecule has 2 nitrogen and oxygen atoms in total. The van der Waals surface area contributed by atoms with E-state index < -0.39 is 0 Å². The molecule has 0 saturated carbocycles. The van der Waals surface area contributed by atoms with E-state index in [-0.39, 0.29) is 18.0 Å². The second-order valence-corrected chi connectivity index (χ2v) is 3.14. The van der Waals surface area contributed by atoms with Gasteiger partial charge in [-0.25, -0.2) is 0 Å². The summed E-state index contributed by atoms with van der Waals surface area (Å²) in [4.78, 5) is 0. The van der Waals surface area contributed by atoms with E-state index in [1.807, 2.05) is 0 Å². The average molecular weight is 166 g/mol. The zero-order valence-corrected chi connectivity index (χ0v) is 7.46. The molecule has 1 heterocycles. The highest BCUT2D eigenvalue weighted by Crippen LogP contribution is 2.09. The molecule has 1 aliphatic heterocycles. The highest BCUT2D eigenvalue weighted by Gasteiger charge is 2.19. The van der Waals surface area contributed by atoms with E-state index in [1.54, 1.807) is 0 Å². The van der Waals surface area contributed by atoms with Crippen LogP contribution >= 0.6 is 12.4 Å². The van der Waals surface area contributed by atoms with E-state index in [2.05, 4.69) is 19.2 Å². The number of halogens is 1. The molecule has 0 atom stereocenters. The Labute approximate surface area is 68.7 Å². The summed E-state index contributed by atoms with van der Waals surface area (Å²) in [5, 5.41) is 3.31. The smallest absolute Gasteiger partial charge is 0.0750 e. The van der Waals surface area contributed by atoms with Gasteiger partial charge in [-0.05, 0) is 26.8 Å². The van der Waals surface area contributed by atoms with Crippen molar-refractivity contribution in [3.8, 4) is 0 Å². The summed E-state index contributed by atoms with van der Waals surface area (Å²) >= 11 is 0. The number of ether oxygens (including phenoxy) is 1. The maximum atomic E-state index is 5.53. The molecule has 1 rings (SSSR count). The highest BCUT2D eigenvalue weighted by atomic mass is 35.5. The lowest BCUT2D eigenvalue weighted by atomic mass is 10.1. The Morgan fingerprint density at radius 1 is 1.40 bits per heavy atom. The normalized spacial score (nSPS) is 24.6. The van der Waals surface area contributed by atoms with Crippen LogP contribution in [-0.4, -0.2) is 25.3 Å². The van der Waals surface area contributed by atoms with Gasteiger partial charge in [0.05, 0.1) is 5.60 Å². The van der Waals surface area contributed by atoms with Gasteiger partial charge in [0.25, 0.3) is 0 Å². The molecule has 1 N–H and O–H groups in total. The van der Waals surface area contributed by atoms with Gasteiger partial charge in [-0.15, -0.1) is 12.4 Å². The summed E-state index contributed by atoms with van der Waals surface area (Å²) in [6.07, 6.45) is 1.14. The summed E-state index contributed by atoms with van der Waals surface area (Å²) in [7, 11) is 0. The van der Waals surface area contributed by atoms with Gasteiger partial charge < -0.3 is 10.1 Å². The SMILES string of the molecule is CC1(C)CNCCCO1.Cl. The van der Waals surface area contributed by atoms with E-state index in [0.29, 0.717) is 0 Å². The maximum Gasteiger partial charge on any atom is 0.0750 e. The van der Waals surface area contributed by atoms with Gasteiger partial charge >= 0.3 is 0 Å². The van der Waals surface area contributed by atoms with E-state index >= 15 is 0 Å². The fourth-order valence-corrected chi connectivity index (χ4v) is 0.986. The van der Waals surface area contributed by atoms with Crippen LogP contribution in [0.2, 0.25) is 0 Å². The topological polar surface area (TPSA) is 21.3 Å². The first-order chi connectivity index (χ1) is 4.21. The highest BCUT2D eigenvalue weighted by molar-refractivity contribution is 5.85. The largest absolute Gasteiger partial charge is 0.374 e. The molecule has 1 fully saturated rings. The first kappa shape index (κ1) is 10.2. The second kappa shape index (κ2) is 4.16. The minimum atomic E-state index is 0. The Kier molecular flexibility index (Phi) is 4.25. The first-order valence-electron chi connectivity index (χ1n) is 3.55. The van der Waals surface area contributed by atoms with Gasteiger partial charge in [-0.1, -0.05) is 0 Å². The molecule has 3 heteroatoms. The first-order valence-corrected chi connectivity index (χ1v) is 3.55. The van der Waals surface area contributed by atoms with Gasteiger partial charge in [-0.2, -0.15) is 0 Å². The number of rotatable bonds is 0. The van der Waals surface area contributed by atoms with Crippen LogP contribution < -0.4 is 5.32 Å². The number of nitrogens with one attached hydrogen (secondary N) is 1. The summed E-state index contributed by atoms with van der Waals surface area (Å²) in [5.41, 5.74) is 0.0521. The molecule has 0 aromatic rings. The molecule has 0 unspecified atom stereocenters. The summed E-state index contributed by atoms with van der Waals surface area (Å²) < 4.78 is 5.53. The summed E-state index contributed by atoms with van der Waals surface area (Å²) in [5.74, 6) is 0. The Balaban J connectivity index is 0.000000810. The van der Waals surface area contributed by atoms with Crippen molar-refractivity contribution in [3.05, 3.63) is 0 Å². The van der Waals surface area contributed by atoms with Crippen LogP contribution in [0.25, 0.3) is 0 Å². The molecule has 0 aliphatic carbocycles. The molecule has 0 aromatic carbocycles. The zero-order chi connectivity index (χ0) is 6.74. The van der Waals surface area contributed by atoms with E-state index in [0.717, 1.165) is 26.1 Å². The standard InChI is InChI=1S/C7H15NO.ClH/c1-7(2)6-8-4-3-5-9-7;/h8H,3-6H2,1-2H3;1H. The van der Waals surface area contributed by atoms with E-state index in [1.165, 1.54) is 0 Å². The fourth-order valence-electron chi connectivity index (χ4n) is 0.986. The van der Waals surface area contributed by atoms with Crippen LogP contribution in [0.3, 0.4) is 0 Å². The minimum absolute atomic E-state index is 0. The summed E-state index contributed by atoms with van der Waals surface area (Å²) in [6.45, 7) is 7.22. The predicted octanol–water partition coefficient (Wildman–Crippen LogP) is 1.20. The predicted molar refractivity (Wildman–Crippen MR) is 44.8 cm³/mol. The van der Waals surface area contributed by atoms with E-state index in [4.69, 9.17) is 4.74 Å². The average Bonchev–Trinajstić information content (AvgIpc) is 1.92.